The molecule has 0 radical (unpaired) electrons. The molecule has 1 amide bonds. The van der Waals surface area contributed by atoms with Crippen LogP contribution in [0.25, 0.3) is 10.2 Å². The zero-order valence-electron chi connectivity index (χ0n) is 16.7. The zero-order valence-corrected chi connectivity index (χ0v) is 17.6. The minimum absolute atomic E-state index is 0.103. The highest BCUT2D eigenvalue weighted by atomic mass is 32.1. The standard InChI is InChI=1S/C23H21N3O3S/c1-16-6-5-8-20-22(16)25-23(30-20)26(14-17-7-3-4-13-24-17)21(27)15-29-19-11-9-18(28-2)10-12-19/h3-13H,14-15H2,1-2H3. The van der Waals surface area contributed by atoms with Gasteiger partial charge in [0.25, 0.3) is 5.91 Å². The summed E-state index contributed by atoms with van der Waals surface area (Å²) >= 11 is 1.49. The van der Waals surface area contributed by atoms with Crippen molar-refractivity contribution in [2.75, 3.05) is 18.6 Å². The number of carbonyl (C=O) groups excluding carboxylic acids is 1. The summed E-state index contributed by atoms with van der Waals surface area (Å²) in [6.07, 6.45) is 1.72. The van der Waals surface area contributed by atoms with Crippen molar-refractivity contribution in [1.82, 2.24) is 9.97 Å². The number of nitrogens with zero attached hydrogens (tertiary/aromatic N) is 3. The summed E-state index contributed by atoms with van der Waals surface area (Å²) in [6, 6.07) is 18.8. The van der Waals surface area contributed by atoms with Gasteiger partial charge in [-0.15, -0.1) is 0 Å². The van der Waals surface area contributed by atoms with Gasteiger partial charge in [0.15, 0.2) is 11.7 Å². The highest BCUT2D eigenvalue weighted by Gasteiger charge is 2.21. The Bertz CT molecular complexity index is 1140. The van der Waals surface area contributed by atoms with Crippen LogP contribution in [-0.4, -0.2) is 29.6 Å². The number of hydrogen-bond acceptors (Lipinski definition) is 6. The molecule has 0 spiro atoms. The van der Waals surface area contributed by atoms with Crippen LogP contribution >= 0.6 is 11.3 Å². The first kappa shape index (κ1) is 19.8. The van der Waals surface area contributed by atoms with E-state index in [1.807, 2.05) is 43.3 Å². The summed E-state index contributed by atoms with van der Waals surface area (Å²) in [4.78, 5) is 23.9. The molecule has 2 aromatic carbocycles. The van der Waals surface area contributed by atoms with Gasteiger partial charge in [0.05, 0.1) is 29.6 Å². The van der Waals surface area contributed by atoms with Crippen LogP contribution in [0.15, 0.2) is 66.9 Å². The molecule has 0 unspecified atom stereocenters. The molecular formula is C23H21N3O3S. The molecule has 7 heteroatoms. The van der Waals surface area contributed by atoms with Crippen LogP contribution in [0.2, 0.25) is 0 Å². The molecule has 4 rings (SSSR count). The lowest BCUT2D eigenvalue weighted by Gasteiger charge is -2.19. The van der Waals surface area contributed by atoms with E-state index >= 15 is 0 Å². The van der Waals surface area contributed by atoms with Crippen LogP contribution in [0.4, 0.5) is 5.13 Å². The first-order valence-corrected chi connectivity index (χ1v) is 10.3. The zero-order chi connectivity index (χ0) is 20.9. The number of amides is 1. The van der Waals surface area contributed by atoms with E-state index in [9.17, 15) is 4.79 Å². The number of para-hydroxylation sites is 1. The number of hydrogen-bond donors (Lipinski definition) is 0. The molecule has 0 aliphatic rings. The number of benzene rings is 2. The Morgan fingerprint density at radius 2 is 1.83 bits per heavy atom. The number of aromatic nitrogens is 2. The number of fused-ring (bicyclic) bond motifs is 1. The Balaban J connectivity index is 1.58. The molecule has 2 heterocycles. The van der Waals surface area contributed by atoms with Gasteiger partial charge in [-0.25, -0.2) is 4.98 Å². The Morgan fingerprint density at radius 3 is 2.53 bits per heavy atom. The number of methoxy groups -OCH3 is 1. The summed E-state index contributed by atoms with van der Waals surface area (Å²) in [6.45, 7) is 2.24. The number of carbonyl (C=O) groups is 1. The number of aryl methyl sites for hydroxylation is 1. The van der Waals surface area contributed by atoms with E-state index in [1.54, 1.807) is 42.5 Å². The molecular weight excluding hydrogens is 398 g/mol. The molecule has 0 bridgehead atoms. The van der Waals surface area contributed by atoms with Crippen LogP contribution < -0.4 is 14.4 Å². The highest BCUT2D eigenvalue weighted by Crippen LogP contribution is 2.31. The van der Waals surface area contributed by atoms with Crippen LogP contribution in [0, 0.1) is 6.92 Å². The average Bonchev–Trinajstić information content (AvgIpc) is 3.22. The number of rotatable bonds is 7. The second-order valence-electron chi connectivity index (χ2n) is 6.68. The van der Waals surface area contributed by atoms with Gasteiger partial charge in [-0.2, -0.15) is 0 Å². The minimum Gasteiger partial charge on any atom is -0.497 e. The van der Waals surface area contributed by atoms with Crippen LogP contribution in [0.5, 0.6) is 11.5 Å². The number of pyridine rings is 1. The monoisotopic (exact) mass is 419 g/mol. The Morgan fingerprint density at radius 1 is 1.03 bits per heavy atom. The third-order valence-electron chi connectivity index (χ3n) is 4.61. The molecule has 4 aromatic rings. The maximum absolute atomic E-state index is 13.1. The second kappa shape index (κ2) is 8.92. The summed E-state index contributed by atoms with van der Waals surface area (Å²) in [5, 5.41) is 0.633. The summed E-state index contributed by atoms with van der Waals surface area (Å²) < 4.78 is 11.9. The van der Waals surface area contributed by atoms with E-state index in [4.69, 9.17) is 14.5 Å². The quantitative estimate of drug-likeness (QED) is 0.437. The number of thiazole rings is 1. The maximum Gasteiger partial charge on any atom is 0.267 e. The predicted octanol–water partition coefficient (Wildman–Crippen LogP) is 4.62. The topological polar surface area (TPSA) is 64.6 Å². The highest BCUT2D eigenvalue weighted by molar-refractivity contribution is 7.22. The van der Waals surface area contributed by atoms with Gasteiger partial charge in [0.2, 0.25) is 0 Å². The molecule has 0 fully saturated rings. The molecule has 0 atom stereocenters. The van der Waals surface area contributed by atoms with Crippen molar-refractivity contribution < 1.29 is 14.3 Å². The number of anilines is 1. The van der Waals surface area contributed by atoms with Gasteiger partial charge in [-0.1, -0.05) is 29.5 Å². The molecule has 0 aliphatic carbocycles. The molecule has 0 saturated carbocycles. The largest absolute Gasteiger partial charge is 0.497 e. The molecule has 2 aromatic heterocycles. The van der Waals surface area contributed by atoms with Crippen LogP contribution in [-0.2, 0) is 11.3 Å². The van der Waals surface area contributed by atoms with Gasteiger partial charge in [0, 0.05) is 6.20 Å². The normalized spacial score (nSPS) is 10.7. The average molecular weight is 420 g/mol. The Labute approximate surface area is 178 Å². The summed E-state index contributed by atoms with van der Waals surface area (Å²) in [5.74, 6) is 1.14. The van der Waals surface area contributed by atoms with E-state index in [0.29, 0.717) is 17.4 Å². The first-order valence-electron chi connectivity index (χ1n) is 9.47. The molecule has 0 aliphatic heterocycles. The fourth-order valence-corrected chi connectivity index (χ4v) is 4.06. The van der Waals surface area contributed by atoms with Crippen molar-refractivity contribution in [3.63, 3.8) is 0 Å². The fraction of sp³-hybridized carbons (Fsp3) is 0.174. The molecule has 30 heavy (non-hydrogen) atoms. The number of ether oxygens (including phenoxy) is 2. The van der Waals surface area contributed by atoms with Crippen molar-refractivity contribution in [1.29, 1.82) is 0 Å². The van der Waals surface area contributed by atoms with E-state index in [2.05, 4.69) is 4.98 Å². The predicted molar refractivity (Wildman–Crippen MR) is 118 cm³/mol. The summed E-state index contributed by atoms with van der Waals surface area (Å²) in [5.41, 5.74) is 2.77. The lowest BCUT2D eigenvalue weighted by Crippen LogP contribution is -2.34. The second-order valence-corrected chi connectivity index (χ2v) is 7.69. The SMILES string of the molecule is COc1ccc(OCC(=O)N(Cc2ccccn2)c2nc3c(C)cccc3s2)cc1. The lowest BCUT2D eigenvalue weighted by atomic mass is 10.2. The van der Waals surface area contributed by atoms with E-state index < -0.39 is 0 Å². The smallest absolute Gasteiger partial charge is 0.267 e. The van der Waals surface area contributed by atoms with Crippen molar-refractivity contribution in [3.8, 4) is 11.5 Å². The molecule has 0 saturated heterocycles. The van der Waals surface area contributed by atoms with E-state index in [0.717, 1.165) is 27.2 Å². The fourth-order valence-electron chi connectivity index (χ4n) is 3.00. The summed E-state index contributed by atoms with van der Waals surface area (Å²) in [7, 11) is 1.61. The van der Waals surface area contributed by atoms with E-state index in [1.165, 1.54) is 11.3 Å². The van der Waals surface area contributed by atoms with Crippen LogP contribution in [0.1, 0.15) is 11.3 Å². The molecule has 0 N–H and O–H groups in total. The minimum atomic E-state index is -0.187. The van der Waals surface area contributed by atoms with Gasteiger partial charge in [-0.3, -0.25) is 14.7 Å². The molecule has 6 nitrogen and oxygen atoms in total. The first-order chi connectivity index (χ1) is 14.6. The van der Waals surface area contributed by atoms with Crippen molar-refractivity contribution >= 4 is 32.6 Å². The molecule has 152 valence electrons. The van der Waals surface area contributed by atoms with Gasteiger partial charge in [-0.05, 0) is 55.0 Å². The van der Waals surface area contributed by atoms with Crippen LogP contribution in [0.3, 0.4) is 0 Å². The Kier molecular flexibility index (Phi) is 5.90. The van der Waals surface area contributed by atoms with Crippen molar-refractivity contribution in [2.45, 2.75) is 13.5 Å². The van der Waals surface area contributed by atoms with E-state index in [-0.39, 0.29) is 12.5 Å². The van der Waals surface area contributed by atoms with Gasteiger partial charge < -0.3 is 9.47 Å². The third kappa shape index (κ3) is 4.41. The lowest BCUT2D eigenvalue weighted by molar-refractivity contribution is -0.120. The Hall–Kier alpha value is -3.45. The van der Waals surface area contributed by atoms with Gasteiger partial charge >= 0.3 is 0 Å². The maximum atomic E-state index is 13.1. The third-order valence-corrected chi connectivity index (χ3v) is 5.65. The van der Waals surface area contributed by atoms with Crippen molar-refractivity contribution in [2.24, 2.45) is 0 Å². The van der Waals surface area contributed by atoms with Gasteiger partial charge in [0.1, 0.15) is 11.5 Å². The van der Waals surface area contributed by atoms with Crippen molar-refractivity contribution in [3.05, 3.63) is 78.1 Å².